The highest BCUT2D eigenvalue weighted by atomic mass is 79.9. The Kier molecular flexibility index (Phi) is 4.14. The third-order valence-electron chi connectivity index (χ3n) is 5.23. The number of fused-ring (bicyclic) bond motifs is 6. The minimum atomic E-state index is 0.420. The first-order valence-corrected chi connectivity index (χ1v) is 12.9. The van der Waals surface area contributed by atoms with E-state index in [4.69, 9.17) is 0 Å². The van der Waals surface area contributed by atoms with Gasteiger partial charge in [0.2, 0.25) is 0 Å². The van der Waals surface area contributed by atoms with Gasteiger partial charge in [-0.3, -0.25) is 0 Å². The Morgan fingerprint density at radius 3 is 1.59 bits per heavy atom. The van der Waals surface area contributed by atoms with Crippen LogP contribution in [0.1, 0.15) is 22.3 Å². The van der Waals surface area contributed by atoms with Gasteiger partial charge in [0.1, 0.15) is 0 Å². The number of hydrogen-bond acceptors (Lipinski definition) is 3. The monoisotopic (exact) mass is 530 g/mol. The average Bonchev–Trinajstić information content (AvgIpc) is 3.38. The van der Waals surface area contributed by atoms with Crippen molar-refractivity contribution in [3.63, 3.8) is 0 Å². The maximum absolute atomic E-state index is 3.84. The van der Waals surface area contributed by atoms with Gasteiger partial charge < -0.3 is 0 Å². The number of hydrogen-bond donors (Lipinski definition) is 0. The molecule has 27 heavy (non-hydrogen) atoms. The summed E-state index contributed by atoms with van der Waals surface area (Å²) in [5.74, 6) is 0. The van der Waals surface area contributed by atoms with Gasteiger partial charge in [0.05, 0.1) is 16.8 Å². The smallest absolute Gasteiger partial charge is 0.0825 e. The Labute approximate surface area is 187 Å². The number of halogens is 2. The van der Waals surface area contributed by atoms with Crippen LogP contribution in [0.25, 0.3) is 23.3 Å². The molecule has 0 bridgehead atoms. The second kappa shape index (κ2) is 6.46. The summed E-state index contributed by atoms with van der Waals surface area (Å²) < 4.78 is 3.39. The largest absolute Gasteiger partial charge is 0.123 e. The first-order chi connectivity index (χ1) is 13.2. The van der Waals surface area contributed by atoms with Crippen molar-refractivity contribution in [2.24, 2.45) is 0 Å². The van der Waals surface area contributed by atoms with E-state index in [2.05, 4.69) is 104 Å². The van der Waals surface area contributed by atoms with Crippen molar-refractivity contribution in [2.75, 3.05) is 0 Å². The normalized spacial score (nSPS) is 24.7. The van der Waals surface area contributed by atoms with Crippen LogP contribution in [0.15, 0.2) is 67.3 Å². The van der Waals surface area contributed by atoms with E-state index in [9.17, 15) is 0 Å². The second-order valence-electron chi connectivity index (χ2n) is 6.71. The summed E-state index contributed by atoms with van der Waals surface area (Å²) in [6.45, 7) is 0. The maximum Gasteiger partial charge on any atom is 0.0825 e. The number of rotatable bonds is 2. The van der Waals surface area contributed by atoms with Crippen LogP contribution >= 0.6 is 67.1 Å². The van der Waals surface area contributed by atoms with Crippen LogP contribution in [0, 0.1) is 0 Å². The molecule has 6 rings (SSSR count). The predicted octanol–water partition coefficient (Wildman–Crippen LogP) is 8.19. The van der Waals surface area contributed by atoms with Crippen LogP contribution in [0.2, 0.25) is 0 Å². The zero-order valence-electron chi connectivity index (χ0n) is 13.9. The van der Waals surface area contributed by atoms with Gasteiger partial charge in [-0.2, -0.15) is 0 Å². The highest BCUT2D eigenvalue weighted by Gasteiger charge is 2.41. The zero-order valence-corrected chi connectivity index (χ0v) is 19.5. The van der Waals surface area contributed by atoms with Crippen LogP contribution in [-0.2, 0) is 0 Å². The van der Waals surface area contributed by atoms with E-state index in [-0.39, 0.29) is 0 Å². The summed E-state index contributed by atoms with van der Waals surface area (Å²) in [6.07, 6.45) is 4.76. The molecule has 0 aromatic heterocycles. The Morgan fingerprint density at radius 2 is 1.11 bits per heavy atom. The molecule has 0 N–H and O–H groups in total. The van der Waals surface area contributed by atoms with Crippen molar-refractivity contribution in [2.45, 2.75) is 9.16 Å². The lowest BCUT2D eigenvalue weighted by Crippen LogP contribution is -2.04. The third-order valence-corrected chi connectivity index (χ3v) is 11.1. The maximum atomic E-state index is 3.84. The van der Waals surface area contributed by atoms with Crippen molar-refractivity contribution in [1.29, 1.82) is 0 Å². The molecule has 2 atom stereocenters. The first-order valence-electron chi connectivity index (χ1n) is 8.62. The molecule has 0 saturated heterocycles. The summed E-state index contributed by atoms with van der Waals surface area (Å²) in [6, 6.07) is 17.4. The van der Waals surface area contributed by atoms with Gasteiger partial charge >= 0.3 is 0 Å². The summed E-state index contributed by atoms with van der Waals surface area (Å²) in [5.41, 5.74) is 11.1. The number of allylic oxidation sites excluding steroid dienone is 2. The quantitative estimate of drug-likeness (QED) is 0.383. The fourth-order valence-electron chi connectivity index (χ4n) is 4.05. The molecule has 0 radical (unpaired) electrons. The summed E-state index contributed by atoms with van der Waals surface area (Å²) in [7, 11) is 0. The molecule has 0 spiro atoms. The molecule has 4 aliphatic rings. The van der Waals surface area contributed by atoms with E-state index < -0.39 is 0 Å². The molecule has 0 saturated carbocycles. The summed E-state index contributed by atoms with van der Waals surface area (Å²) in [5, 5.41) is 0. The summed E-state index contributed by atoms with van der Waals surface area (Å²) in [4.78, 5) is 0. The van der Waals surface area contributed by atoms with Gasteiger partial charge in [0, 0.05) is 11.1 Å². The van der Waals surface area contributed by atoms with Crippen LogP contribution < -0.4 is 0 Å². The van der Waals surface area contributed by atoms with Crippen molar-refractivity contribution in [3.8, 4) is 0 Å². The third kappa shape index (κ3) is 2.58. The van der Waals surface area contributed by atoms with Crippen molar-refractivity contribution >= 4 is 90.4 Å². The molecule has 132 valence electrons. The molecule has 2 aromatic carbocycles. The fraction of sp³-hybridized carbons (Fsp3) is 0.0909. The van der Waals surface area contributed by atoms with Crippen LogP contribution in [0.4, 0.5) is 0 Å². The predicted molar refractivity (Wildman–Crippen MR) is 131 cm³/mol. The molecular weight excluding hydrogens is 520 g/mol. The van der Waals surface area contributed by atoms with Gasteiger partial charge in [-0.1, -0.05) is 72.1 Å². The van der Waals surface area contributed by atoms with E-state index in [1.54, 1.807) is 0 Å². The molecule has 2 aliphatic carbocycles. The van der Waals surface area contributed by atoms with Gasteiger partial charge in [-0.25, -0.2) is 0 Å². The lowest BCUT2D eigenvalue weighted by Gasteiger charge is -2.17. The molecule has 5 heteroatoms. The fourth-order valence-corrected chi connectivity index (χ4v) is 11.3. The highest BCUT2D eigenvalue weighted by Crippen LogP contribution is 2.63. The molecule has 2 unspecified atom stereocenters. The molecule has 2 heterocycles. The van der Waals surface area contributed by atoms with Gasteiger partial charge in [0.15, 0.2) is 0 Å². The Hall–Kier alpha value is -0.590. The minimum Gasteiger partial charge on any atom is -0.123 e. The molecule has 2 aromatic rings. The number of thioether (sulfide) groups is 3. The van der Waals surface area contributed by atoms with Crippen LogP contribution in [0.5, 0.6) is 0 Å². The van der Waals surface area contributed by atoms with E-state index in [0.717, 1.165) is 0 Å². The molecule has 2 aliphatic heterocycles. The van der Waals surface area contributed by atoms with Crippen molar-refractivity contribution in [1.82, 2.24) is 0 Å². The lowest BCUT2D eigenvalue weighted by atomic mass is 10.1. The standard InChI is InChI=1S/C22H12Br2S3/c23-19-17-13-7-3-1-5-11(13)9-15(17)21(25-19)27-22-16-10-12-6-2-4-8-14(12)18(16)20(24)26-22/h1-10,21-22H. The first kappa shape index (κ1) is 17.3. The van der Waals surface area contributed by atoms with Crippen LogP contribution in [-0.4, -0.2) is 9.16 Å². The Bertz CT molecular complexity index is 1050. The topological polar surface area (TPSA) is 0 Å². The Morgan fingerprint density at radius 1 is 0.667 bits per heavy atom. The number of benzene rings is 2. The lowest BCUT2D eigenvalue weighted by molar-refractivity contribution is 1.50. The van der Waals surface area contributed by atoms with Crippen molar-refractivity contribution in [3.05, 3.63) is 89.6 Å². The van der Waals surface area contributed by atoms with E-state index in [1.807, 2.05) is 23.5 Å². The highest BCUT2D eigenvalue weighted by molar-refractivity contribution is 9.14. The average molecular weight is 532 g/mol. The van der Waals surface area contributed by atoms with Crippen LogP contribution in [0.3, 0.4) is 0 Å². The van der Waals surface area contributed by atoms with Gasteiger partial charge in [-0.15, -0.1) is 11.8 Å². The van der Waals surface area contributed by atoms with E-state index in [0.29, 0.717) is 9.16 Å². The Balaban J connectivity index is 1.32. The van der Waals surface area contributed by atoms with E-state index in [1.165, 1.54) is 52.2 Å². The van der Waals surface area contributed by atoms with Gasteiger partial charge in [0.25, 0.3) is 0 Å². The molecule has 0 fully saturated rings. The zero-order chi connectivity index (χ0) is 18.1. The second-order valence-corrected chi connectivity index (χ2v) is 13.4. The molecular formula is C22H12Br2S3. The SMILES string of the molecule is BrC1=C2C(=Cc3ccccc32)C(SC2SC(Br)=C3C2=Cc2ccccc23)S1. The van der Waals surface area contributed by atoms with Gasteiger partial charge in [-0.05, 0) is 77.4 Å². The minimum absolute atomic E-state index is 0.420. The van der Waals surface area contributed by atoms with Crippen molar-refractivity contribution < 1.29 is 0 Å². The van der Waals surface area contributed by atoms with E-state index >= 15 is 0 Å². The molecule has 0 nitrogen and oxygen atoms in total. The molecule has 0 amide bonds. The summed E-state index contributed by atoms with van der Waals surface area (Å²) >= 11 is 13.6.